The number of rotatable bonds is 4. The molecule has 0 aliphatic heterocycles. The molecule has 0 radical (unpaired) electrons. The fourth-order valence-corrected chi connectivity index (χ4v) is 1.58. The number of amides is 1. The van der Waals surface area contributed by atoms with Crippen LogP contribution in [0.4, 0.5) is 0 Å². The quantitative estimate of drug-likeness (QED) is 0.860. The lowest BCUT2D eigenvalue weighted by Gasteiger charge is -2.16. The summed E-state index contributed by atoms with van der Waals surface area (Å²) in [5.41, 5.74) is 0.308. The smallest absolute Gasteiger partial charge is 0.325 e. The molecule has 0 unspecified atom stereocenters. The number of carbonyl (C=O) groups is 2. The molecule has 0 aliphatic carbocycles. The largest absolute Gasteiger partial charge is 0.507 e. The maximum atomic E-state index is 11.9. The van der Waals surface area contributed by atoms with E-state index in [-0.39, 0.29) is 24.8 Å². The lowest BCUT2D eigenvalue weighted by atomic mass is 10.2. The van der Waals surface area contributed by atoms with E-state index in [4.69, 9.17) is 4.74 Å². The average molecular weight is 316 g/mol. The highest BCUT2D eigenvalue weighted by molar-refractivity contribution is 9.10. The van der Waals surface area contributed by atoms with Gasteiger partial charge in [0, 0.05) is 12.6 Å². The van der Waals surface area contributed by atoms with Gasteiger partial charge >= 0.3 is 5.97 Å². The van der Waals surface area contributed by atoms with Crippen LogP contribution in [0.15, 0.2) is 22.7 Å². The van der Waals surface area contributed by atoms with E-state index in [1.54, 1.807) is 19.1 Å². The summed E-state index contributed by atoms with van der Waals surface area (Å²) in [7, 11) is 1.50. The zero-order valence-electron chi connectivity index (χ0n) is 10.1. The van der Waals surface area contributed by atoms with Crippen LogP contribution in [0.5, 0.6) is 5.75 Å². The lowest BCUT2D eigenvalue weighted by Crippen LogP contribution is -2.33. The number of hydrogen-bond acceptors (Lipinski definition) is 4. The summed E-state index contributed by atoms with van der Waals surface area (Å²) < 4.78 is 5.26. The van der Waals surface area contributed by atoms with Gasteiger partial charge in [0.15, 0.2) is 0 Å². The van der Waals surface area contributed by atoms with Crippen molar-refractivity contribution in [2.75, 3.05) is 20.2 Å². The van der Waals surface area contributed by atoms with Crippen molar-refractivity contribution in [3.05, 3.63) is 28.2 Å². The summed E-state index contributed by atoms with van der Waals surface area (Å²) in [5, 5.41) is 9.49. The van der Waals surface area contributed by atoms with Crippen LogP contribution in [0, 0.1) is 0 Å². The number of nitrogens with zero attached hydrogens (tertiary/aromatic N) is 1. The predicted octanol–water partition coefficient (Wildman–Crippen LogP) is 1.79. The molecule has 0 bridgehead atoms. The topological polar surface area (TPSA) is 66.8 Å². The maximum Gasteiger partial charge on any atom is 0.325 e. The van der Waals surface area contributed by atoms with Gasteiger partial charge in [0.2, 0.25) is 0 Å². The lowest BCUT2D eigenvalue weighted by molar-refractivity contribution is -0.143. The molecule has 1 N–H and O–H groups in total. The van der Waals surface area contributed by atoms with Gasteiger partial charge < -0.3 is 14.7 Å². The molecule has 0 fully saturated rings. The Morgan fingerprint density at radius 2 is 2.11 bits per heavy atom. The Balaban J connectivity index is 2.74. The van der Waals surface area contributed by atoms with Gasteiger partial charge in [0.1, 0.15) is 12.3 Å². The summed E-state index contributed by atoms with van der Waals surface area (Å²) in [4.78, 5) is 24.4. The molecule has 6 heteroatoms. The molecular formula is C12H14BrNO4. The third-order valence-corrected chi connectivity index (χ3v) is 2.88. The normalized spacial score (nSPS) is 9.94. The molecule has 1 rings (SSSR count). The molecule has 18 heavy (non-hydrogen) atoms. The van der Waals surface area contributed by atoms with E-state index in [1.165, 1.54) is 18.0 Å². The van der Waals surface area contributed by atoms with Crippen molar-refractivity contribution in [3.8, 4) is 5.75 Å². The van der Waals surface area contributed by atoms with Crippen molar-refractivity contribution >= 4 is 27.8 Å². The summed E-state index contributed by atoms with van der Waals surface area (Å²) in [6.07, 6.45) is 0. The number of halogens is 1. The number of ether oxygens (including phenoxy) is 1. The Morgan fingerprint density at radius 3 is 2.67 bits per heavy atom. The average Bonchev–Trinajstić information content (AvgIpc) is 2.32. The van der Waals surface area contributed by atoms with Crippen molar-refractivity contribution in [1.82, 2.24) is 4.90 Å². The molecule has 0 aliphatic rings. The fraction of sp³-hybridized carbons (Fsp3) is 0.333. The maximum absolute atomic E-state index is 11.9. The van der Waals surface area contributed by atoms with Gasteiger partial charge in [-0.2, -0.15) is 0 Å². The van der Waals surface area contributed by atoms with E-state index in [0.29, 0.717) is 10.0 Å². The van der Waals surface area contributed by atoms with Crippen molar-refractivity contribution in [1.29, 1.82) is 0 Å². The summed E-state index contributed by atoms with van der Waals surface area (Å²) in [5.74, 6) is -0.842. The molecular weight excluding hydrogens is 302 g/mol. The summed E-state index contributed by atoms with van der Waals surface area (Å²) in [6, 6.07) is 4.47. The second kappa shape index (κ2) is 6.39. The third kappa shape index (κ3) is 3.73. The monoisotopic (exact) mass is 315 g/mol. The molecule has 1 aromatic carbocycles. The summed E-state index contributed by atoms with van der Waals surface area (Å²) in [6.45, 7) is 1.86. The second-order valence-corrected chi connectivity index (χ2v) is 4.49. The Morgan fingerprint density at radius 1 is 1.44 bits per heavy atom. The summed E-state index contributed by atoms with van der Waals surface area (Å²) >= 11 is 3.13. The van der Waals surface area contributed by atoms with Crippen LogP contribution >= 0.6 is 15.9 Å². The van der Waals surface area contributed by atoms with Gasteiger partial charge in [0.05, 0.1) is 11.1 Å². The first-order valence-electron chi connectivity index (χ1n) is 5.35. The highest BCUT2D eigenvalue weighted by atomic mass is 79.9. The molecule has 1 aromatic rings. The molecule has 0 spiro atoms. The van der Waals surface area contributed by atoms with Gasteiger partial charge in [-0.3, -0.25) is 9.59 Å². The van der Waals surface area contributed by atoms with Gasteiger partial charge in [-0.15, -0.1) is 0 Å². The third-order valence-electron chi connectivity index (χ3n) is 2.21. The SMILES string of the molecule is CCOC(=O)CN(C)C(=O)c1ccc(Br)c(O)c1. The highest BCUT2D eigenvalue weighted by Gasteiger charge is 2.16. The number of phenolic OH excluding ortho intramolecular Hbond substituents is 1. The Hall–Kier alpha value is -1.56. The number of likely N-dealkylation sites (N-methyl/N-ethyl adjacent to an activating group) is 1. The van der Waals surface area contributed by atoms with Crippen LogP contribution in [-0.4, -0.2) is 42.1 Å². The van der Waals surface area contributed by atoms with Crippen molar-refractivity contribution in [2.24, 2.45) is 0 Å². The molecule has 0 saturated heterocycles. The van der Waals surface area contributed by atoms with Crippen LogP contribution in [0.1, 0.15) is 17.3 Å². The molecule has 0 atom stereocenters. The van der Waals surface area contributed by atoms with Crippen LogP contribution in [-0.2, 0) is 9.53 Å². The van der Waals surface area contributed by atoms with Crippen LogP contribution in [0.2, 0.25) is 0 Å². The standard InChI is InChI=1S/C12H14BrNO4/c1-3-18-11(16)7-14(2)12(17)8-4-5-9(13)10(15)6-8/h4-6,15H,3,7H2,1-2H3. The number of phenols is 1. The molecule has 0 heterocycles. The van der Waals surface area contributed by atoms with E-state index >= 15 is 0 Å². The zero-order chi connectivity index (χ0) is 13.7. The molecule has 98 valence electrons. The van der Waals surface area contributed by atoms with Gasteiger partial charge in [-0.1, -0.05) is 0 Å². The molecule has 1 amide bonds. The van der Waals surface area contributed by atoms with E-state index in [9.17, 15) is 14.7 Å². The van der Waals surface area contributed by atoms with Crippen LogP contribution < -0.4 is 0 Å². The first kappa shape index (κ1) is 14.5. The minimum atomic E-state index is -0.463. The molecule has 0 aromatic heterocycles. The Labute approximate surface area is 113 Å². The molecule has 0 saturated carbocycles. The van der Waals surface area contributed by atoms with Crippen molar-refractivity contribution in [3.63, 3.8) is 0 Å². The first-order chi connectivity index (χ1) is 8.45. The predicted molar refractivity (Wildman–Crippen MR) is 69.4 cm³/mol. The van der Waals surface area contributed by atoms with Gasteiger partial charge in [0.25, 0.3) is 5.91 Å². The van der Waals surface area contributed by atoms with Crippen molar-refractivity contribution < 1.29 is 19.4 Å². The second-order valence-electron chi connectivity index (χ2n) is 3.63. The van der Waals surface area contributed by atoms with Crippen molar-refractivity contribution in [2.45, 2.75) is 6.92 Å². The minimum Gasteiger partial charge on any atom is -0.507 e. The number of carbonyl (C=O) groups excluding carboxylic acids is 2. The highest BCUT2D eigenvalue weighted by Crippen LogP contribution is 2.24. The van der Waals surface area contributed by atoms with E-state index in [2.05, 4.69) is 15.9 Å². The number of benzene rings is 1. The number of aromatic hydroxyl groups is 1. The van der Waals surface area contributed by atoms with Gasteiger partial charge in [-0.05, 0) is 41.1 Å². The van der Waals surface area contributed by atoms with E-state index in [1.807, 2.05) is 0 Å². The van der Waals surface area contributed by atoms with Gasteiger partial charge in [-0.25, -0.2) is 0 Å². The van der Waals surface area contributed by atoms with E-state index < -0.39 is 5.97 Å². The van der Waals surface area contributed by atoms with Crippen LogP contribution in [0.25, 0.3) is 0 Å². The first-order valence-corrected chi connectivity index (χ1v) is 6.14. The Bertz CT molecular complexity index is 461. The molecule has 5 nitrogen and oxygen atoms in total. The Kier molecular flexibility index (Phi) is 5.15. The number of esters is 1. The van der Waals surface area contributed by atoms with Crippen LogP contribution in [0.3, 0.4) is 0 Å². The zero-order valence-corrected chi connectivity index (χ0v) is 11.7. The minimum absolute atomic E-state index is 0.0228. The fourth-order valence-electron chi connectivity index (χ4n) is 1.34. The van der Waals surface area contributed by atoms with E-state index in [0.717, 1.165) is 0 Å². The number of hydrogen-bond donors (Lipinski definition) is 1.